The summed E-state index contributed by atoms with van der Waals surface area (Å²) in [5.41, 5.74) is 7.27. The van der Waals surface area contributed by atoms with E-state index < -0.39 is 5.91 Å². The minimum Gasteiger partial charge on any atom is -0.471 e. The fraction of sp³-hybridized carbons (Fsp3) is 0.333. The predicted molar refractivity (Wildman–Crippen MR) is 115 cm³/mol. The lowest BCUT2D eigenvalue weighted by molar-refractivity contribution is -0.118. The Balaban J connectivity index is 1.80. The van der Waals surface area contributed by atoms with E-state index in [2.05, 4.69) is 27.2 Å². The summed E-state index contributed by atoms with van der Waals surface area (Å²) >= 11 is 6.25. The van der Waals surface area contributed by atoms with Gasteiger partial charge in [0.1, 0.15) is 11.1 Å². The molecule has 9 heteroatoms. The van der Waals surface area contributed by atoms with Gasteiger partial charge in [-0.1, -0.05) is 30.7 Å². The minimum atomic E-state index is -0.524. The maximum atomic E-state index is 11.7. The van der Waals surface area contributed by atoms with E-state index in [1.807, 2.05) is 6.92 Å². The molecule has 8 nitrogen and oxygen atoms in total. The number of anilines is 2. The van der Waals surface area contributed by atoms with Crippen molar-refractivity contribution in [2.45, 2.75) is 44.8 Å². The molecule has 1 aromatic heterocycles. The van der Waals surface area contributed by atoms with Crippen molar-refractivity contribution in [3.8, 4) is 5.88 Å². The first-order valence-electron chi connectivity index (χ1n) is 9.67. The van der Waals surface area contributed by atoms with Crippen molar-refractivity contribution in [2.24, 2.45) is 5.73 Å². The van der Waals surface area contributed by atoms with Crippen LogP contribution in [0.3, 0.4) is 0 Å². The van der Waals surface area contributed by atoms with Gasteiger partial charge >= 0.3 is 0 Å². The zero-order chi connectivity index (χ0) is 21.7. The van der Waals surface area contributed by atoms with Crippen LogP contribution in [0.4, 0.5) is 11.6 Å². The van der Waals surface area contributed by atoms with Gasteiger partial charge in [0.2, 0.25) is 23.6 Å². The zero-order valence-electron chi connectivity index (χ0n) is 16.7. The average molecular weight is 430 g/mol. The summed E-state index contributed by atoms with van der Waals surface area (Å²) in [5, 5.41) is 6.25. The number of hydrogen-bond donors (Lipinski definition) is 3. The fourth-order valence-electron chi connectivity index (χ4n) is 3.31. The summed E-state index contributed by atoms with van der Waals surface area (Å²) in [5.74, 6) is -0.273. The highest BCUT2D eigenvalue weighted by atomic mass is 35.5. The SMILES string of the molecule is C=CC(=O)N[C@@H]1CCCC[C@H]1Oc1nc(Nc2cc(C(N)=O)ccc2C)ncc1Cl. The van der Waals surface area contributed by atoms with Crippen molar-refractivity contribution in [3.63, 3.8) is 0 Å². The number of benzene rings is 1. The van der Waals surface area contributed by atoms with Crippen molar-refractivity contribution in [3.05, 3.63) is 53.2 Å². The molecule has 1 aliphatic carbocycles. The molecule has 2 amide bonds. The van der Waals surface area contributed by atoms with Crippen LogP contribution in [0.5, 0.6) is 5.88 Å². The number of nitrogens with one attached hydrogen (secondary N) is 2. The third kappa shape index (κ3) is 5.27. The minimum absolute atomic E-state index is 0.152. The zero-order valence-corrected chi connectivity index (χ0v) is 17.4. The Morgan fingerprint density at radius 3 is 2.83 bits per heavy atom. The average Bonchev–Trinajstić information content (AvgIpc) is 2.73. The molecule has 0 bridgehead atoms. The van der Waals surface area contributed by atoms with E-state index >= 15 is 0 Å². The number of carbonyl (C=O) groups excluding carboxylic acids is 2. The van der Waals surface area contributed by atoms with Gasteiger partial charge in [-0.3, -0.25) is 9.59 Å². The third-order valence-electron chi connectivity index (χ3n) is 4.96. The number of ether oxygens (including phenoxy) is 1. The highest BCUT2D eigenvalue weighted by Crippen LogP contribution is 2.29. The molecule has 3 rings (SSSR count). The third-order valence-corrected chi connectivity index (χ3v) is 5.22. The second kappa shape index (κ2) is 9.58. The van der Waals surface area contributed by atoms with Crippen LogP contribution in [0, 0.1) is 6.92 Å². The fourth-order valence-corrected chi connectivity index (χ4v) is 3.45. The predicted octanol–water partition coefficient (Wildman–Crippen LogP) is 3.27. The number of primary amides is 1. The van der Waals surface area contributed by atoms with Crippen LogP contribution in [0.2, 0.25) is 5.02 Å². The maximum Gasteiger partial charge on any atom is 0.248 e. The molecular formula is C21H24ClN5O3. The molecule has 1 saturated carbocycles. The Labute approximate surface area is 179 Å². The molecule has 1 aromatic carbocycles. The van der Waals surface area contributed by atoms with E-state index in [0.717, 1.165) is 31.2 Å². The van der Waals surface area contributed by atoms with Crippen molar-refractivity contribution >= 4 is 35.1 Å². The second-order valence-electron chi connectivity index (χ2n) is 7.13. The number of nitrogens with two attached hydrogens (primary N) is 1. The number of nitrogens with zero attached hydrogens (tertiary/aromatic N) is 2. The summed E-state index contributed by atoms with van der Waals surface area (Å²) < 4.78 is 6.07. The summed E-state index contributed by atoms with van der Waals surface area (Å²) in [4.78, 5) is 31.8. The highest BCUT2D eigenvalue weighted by molar-refractivity contribution is 6.31. The van der Waals surface area contributed by atoms with Crippen molar-refractivity contribution in [1.82, 2.24) is 15.3 Å². The van der Waals surface area contributed by atoms with Gasteiger partial charge in [0.15, 0.2) is 0 Å². The molecule has 0 radical (unpaired) electrons. The van der Waals surface area contributed by atoms with Crippen LogP contribution >= 0.6 is 11.6 Å². The molecule has 0 spiro atoms. The second-order valence-corrected chi connectivity index (χ2v) is 7.53. The molecule has 158 valence electrons. The van der Waals surface area contributed by atoms with E-state index in [0.29, 0.717) is 11.3 Å². The number of aromatic nitrogens is 2. The largest absolute Gasteiger partial charge is 0.471 e. The topological polar surface area (TPSA) is 119 Å². The van der Waals surface area contributed by atoms with Gasteiger partial charge in [0, 0.05) is 11.3 Å². The van der Waals surface area contributed by atoms with Gasteiger partial charge in [0.25, 0.3) is 0 Å². The Morgan fingerprint density at radius 2 is 2.10 bits per heavy atom. The van der Waals surface area contributed by atoms with Gasteiger partial charge in [-0.15, -0.1) is 0 Å². The molecule has 4 N–H and O–H groups in total. The number of hydrogen-bond acceptors (Lipinski definition) is 6. The number of halogens is 1. The normalized spacial score (nSPS) is 18.3. The number of amides is 2. The van der Waals surface area contributed by atoms with E-state index in [4.69, 9.17) is 22.1 Å². The van der Waals surface area contributed by atoms with Gasteiger partial charge in [-0.25, -0.2) is 4.98 Å². The first-order chi connectivity index (χ1) is 14.4. The Hall–Kier alpha value is -3.13. The van der Waals surface area contributed by atoms with Gasteiger partial charge in [-0.05, 0) is 50.0 Å². The molecule has 30 heavy (non-hydrogen) atoms. The summed E-state index contributed by atoms with van der Waals surface area (Å²) in [7, 11) is 0. The molecular weight excluding hydrogens is 406 g/mol. The van der Waals surface area contributed by atoms with Crippen molar-refractivity contribution < 1.29 is 14.3 Å². The molecule has 2 aromatic rings. The number of aryl methyl sites for hydroxylation is 1. The van der Waals surface area contributed by atoms with Crippen LogP contribution in [0.25, 0.3) is 0 Å². The van der Waals surface area contributed by atoms with Gasteiger partial charge in [-0.2, -0.15) is 4.98 Å². The molecule has 0 saturated heterocycles. The van der Waals surface area contributed by atoms with Crippen LogP contribution in [0.15, 0.2) is 37.1 Å². The Kier molecular flexibility index (Phi) is 6.89. The van der Waals surface area contributed by atoms with E-state index in [1.165, 1.54) is 12.3 Å². The summed E-state index contributed by atoms with van der Waals surface area (Å²) in [6.45, 7) is 5.38. The summed E-state index contributed by atoms with van der Waals surface area (Å²) in [6.07, 6.45) is 5.98. The van der Waals surface area contributed by atoms with Gasteiger partial charge in [0.05, 0.1) is 12.2 Å². The van der Waals surface area contributed by atoms with E-state index in [1.54, 1.807) is 18.2 Å². The van der Waals surface area contributed by atoms with E-state index in [9.17, 15) is 9.59 Å². The molecule has 0 aliphatic heterocycles. The quantitative estimate of drug-likeness (QED) is 0.581. The van der Waals surface area contributed by atoms with Crippen molar-refractivity contribution in [1.29, 1.82) is 0 Å². The van der Waals surface area contributed by atoms with Crippen LogP contribution in [-0.4, -0.2) is 33.9 Å². The summed E-state index contributed by atoms with van der Waals surface area (Å²) in [6, 6.07) is 4.92. The lowest BCUT2D eigenvalue weighted by Crippen LogP contribution is -2.47. The van der Waals surface area contributed by atoms with Crippen molar-refractivity contribution in [2.75, 3.05) is 5.32 Å². The smallest absolute Gasteiger partial charge is 0.248 e. The van der Waals surface area contributed by atoms with Crippen LogP contribution in [-0.2, 0) is 4.79 Å². The maximum absolute atomic E-state index is 11.7. The van der Waals surface area contributed by atoms with Crippen LogP contribution in [0.1, 0.15) is 41.6 Å². The Bertz CT molecular complexity index is 966. The number of carbonyl (C=O) groups is 2. The standard InChI is InChI=1S/C21H24ClN5O3/c1-3-18(28)25-15-6-4-5-7-17(15)30-20-14(22)11-24-21(27-20)26-16-10-13(19(23)29)9-8-12(16)2/h3,8-11,15,17H,1,4-7H2,2H3,(H2,23,29)(H,25,28)(H,24,26,27)/t15-,17-/m1/s1. The van der Waals surface area contributed by atoms with Gasteiger partial charge < -0.3 is 21.1 Å². The lowest BCUT2D eigenvalue weighted by atomic mass is 9.92. The first kappa shape index (κ1) is 21.6. The highest BCUT2D eigenvalue weighted by Gasteiger charge is 2.29. The number of rotatable bonds is 7. The molecule has 1 heterocycles. The lowest BCUT2D eigenvalue weighted by Gasteiger charge is -2.32. The first-order valence-corrected chi connectivity index (χ1v) is 10.0. The van der Waals surface area contributed by atoms with Crippen LogP contribution < -0.4 is 21.1 Å². The molecule has 1 fully saturated rings. The molecule has 1 aliphatic rings. The molecule has 0 unspecified atom stereocenters. The Morgan fingerprint density at radius 1 is 1.33 bits per heavy atom. The molecule has 2 atom stereocenters. The van der Waals surface area contributed by atoms with E-state index in [-0.39, 0.29) is 34.9 Å². The monoisotopic (exact) mass is 429 g/mol.